The maximum atomic E-state index is 4.22. The second-order valence-electron chi connectivity index (χ2n) is 12.7. The molecule has 5 rings (SSSR count). The molecule has 0 radical (unpaired) electrons. The summed E-state index contributed by atoms with van der Waals surface area (Å²) in [5.41, 5.74) is 7.45. The lowest BCUT2D eigenvalue weighted by Crippen LogP contribution is -2.47. The van der Waals surface area contributed by atoms with Crippen molar-refractivity contribution in [3.8, 4) is 0 Å². The number of likely N-dealkylation sites (tertiary alicyclic amines) is 2. The highest BCUT2D eigenvalue weighted by Crippen LogP contribution is 2.42. The molecule has 3 saturated heterocycles. The second-order valence-corrected chi connectivity index (χ2v) is 12.7. The van der Waals surface area contributed by atoms with Crippen LogP contribution in [-0.4, -0.2) is 60.1 Å². The van der Waals surface area contributed by atoms with Crippen LogP contribution in [0.5, 0.6) is 0 Å². The molecule has 0 amide bonds. The van der Waals surface area contributed by atoms with Crippen LogP contribution in [-0.2, 0) is 0 Å². The third-order valence-corrected chi connectivity index (χ3v) is 10.2. The minimum absolute atomic E-state index is 0.713. The van der Waals surface area contributed by atoms with Gasteiger partial charge in [0.1, 0.15) is 0 Å². The Balaban J connectivity index is 1.27. The van der Waals surface area contributed by atoms with Gasteiger partial charge in [0.05, 0.1) is 0 Å². The molecule has 5 aliphatic rings. The Bertz CT molecular complexity index is 705. The molecule has 1 N–H and O–H groups in total. The molecule has 0 spiro atoms. The van der Waals surface area contributed by atoms with Crippen molar-refractivity contribution in [3.63, 3.8) is 0 Å². The molecule has 0 saturated carbocycles. The van der Waals surface area contributed by atoms with Crippen molar-refractivity contribution in [2.24, 2.45) is 11.8 Å². The fourth-order valence-electron chi connectivity index (χ4n) is 8.68. The third kappa shape index (κ3) is 5.37. The molecule has 3 aliphatic heterocycles. The van der Waals surface area contributed by atoms with Crippen molar-refractivity contribution < 1.29 is 0 Å². The molecule has 3 heteroatoms. The maximum absolute atomic E-state index is 4.22. The van der Waals surface area contributed by atoms with Gasteiger partial charge in [0, 0.05) is 24.2 Å². The number of hydrogen-bond acceptors (Lipinski definition) is 3. The van der Waals surface area contributed by atoms with Crippen molar-refractivity contribution in [2.45, 2.75) is 135 Å². The first-order valence-electron chi connectivity index (χ1n) is 15.2. The van der Waals surface area contributed by atoms with Gasteiger partial charge in [0.15, 0.2) is 0 Å². The van der Waals surface area contributed by atoms with E-state index in [1.807, 2.05) is 22.3 Å². The first-order chi connectivity index (χ1) is 16.6. The Morgan fingerprint density at radius 1 is 0.706 bits per heavy atom. The summed E-state index contributed by atoms with van der Waals surface area (Å²) < 4.78 is 0. The maximum Gasteiger partial charge on any atom is 0.0312 e. The van der Waals surface area contributed by atoms with Gasteiger partial charge in [-0.3, -0.25) is 9.80 Å². The van der Waals surface area contributed by atoms with E-state index in [9.17, 15) is 0 Å². The summed E-state index contributed by atoms with van der Waals surface area (Å²) >= 11 is 0. The number of rotatable bonds is 6. The van der Waals surface area contributed by atoms with Gasteiger partial charge in [-0.25, -0.2) is 0 Å². The summed E-state index contributed by atoms with van der Waals surface area (Å²) in [6.45, 7) is 14.8. The normalized spacial score (nSPS) is 38.1. The average Bonchev–Trinajstić information content (AvgIpc) is 2.83. The molecule has 192 valence electrons. The summed E-state index contributed by atoms with van der Waals surface area (Å²) in [7, 11) is 0. The van der Waals surface area contributed by atoms with E-state index in [1.165, 1.54) is 110 Å². The van der Waals surface area contributed by atoms with Gasteiger partial charge in [0.25, 0.3) is 0 Å². The molecular formula is C31H53N3. The largest absolute Gasteiger partial charge is 0.311 e. The zero-order valence-electron chi connectivity index (χ0n) is 22.9. The van der Waals surface area contributed by atoms with E-state index in [1.54, 1.807) is 0 Å². The summed E-state index contributed by atoms with van der Waals surface area (Å²) in [6.07, 6.45) is 17.9. The van der Waals surface area contributed by atoms with E-state index in [4.69, 9.17) is 0 Å². The zero-order chi connectivity index (χ0) is 23.7. The molecule has 34 heavy (non-hydrogen) atoms. The molecule has 0 unspecified atom stereocenters. The van der Waals surface area contributed by atoms with Gasteiger partial charge >= 0.3 is 0 Å². The van der Waals surface area contributed by atoms with Crippen molar-refractivity contribution in [3.05, 3.63) is 22.3 Å². The SMILES string of the molecule is CCN1CCCC2=C(C[C@H]3CCC[C@@H](CC4=C5CCCN(CC)[C@H]5C[C@@H](C)C4)N3)C[C@H](C)C[C@@H]21. The minimum Gasteiger partial charge on any atom is -0.311 e. The molecule has 0 aromatic rings. The molecular weight excluding hydrogens is 414 g/mol. The highest BCUT2D eigenvalue weighted by molar-refractivity contribution is 5.28. The van der Waals surface area contributed by atoms with Gasteiger partial charge < -0.3 is 5.32 Å². The van der Waals surface area contributed by atoms with Crippen LogP contribution in [0.3, 0.4) is 0 Å². The number of nitrogens with one attached hydrogen (secondary N) is 1. The summed E-state index contributed by atoms with van der Waals surface area (Å²) in [5, 5.41) is 4.22. The van der Waals surface area contributed by atoms with E-state index in [2.05, 4.69) is 42.8 Å². The van der Waals surface area contributed by atoms with Gasteiger partial charge in [-0.15, -0.1) is 0 Å². The minimum atomic E-state index is 0.713. The number of nitrogens with zero attached hydrogens (tertiary/aromatic N) is 2. The molecule has 6 atom stereocenters. The molecule has 0 bridgehead atoms. The number of piperidine rings is 3. The smallest absolute Gasteiger partial charge is 0.0312 e. The predicted molar refractivity (Wildman–Crippen MR) is 145 cm³/mol. The fourth-order valence-corrected chi connectivity index (χ4v) is 8.68. The van der Waals surface area contributed by atoms with E-state index >= 15 is 0 Å². The van der Waals surface area contributed by atoms with Gasteiger partial charge in [0.2, 0.25) is 0 Å². The molecule has 3 heterocycles. The monoisotopic (exact) mass is 467 g/mol. The lowest BCUT2D eigenvalue weighted by Gasteiger charge is -2.45. The van der Waals surface area contributed by atoms with Crippen LogP contribution in [0.4, 0.5) is 0 Å². The lowest BCUT2D eigenvalue weighted by atomic mass is 9.74. The van der Waals surface area contributed by atoms with E-state index in [0.717, 1.165) is 23.9 Å². The van der Waals surface area contributed by atoms with Crippen LogP contribution in [0, 0.1) is 11.8 Å². The van der Waals surface area contributed by atoms with Crippen LogP contribution in [0.25, 0.3) is 0 Å². The van der Waals surface area contributed by atoms with Gasteiger partial charge in [-0.1, -0.05) is 56.4 Å². The first-order valence-corrected chi connectivity index (χ1v) is 15.2. The predicted octanol–water partition coefficient (Wildman–Crippen LogP) is 6.70. The second kappa shape index (κ2) is 11.2. The molecule has 3 nitrogen and oxygen atoms in total. The first kappa shape index (κ1) is 25.0. The molecule has 0 aromatic carbocycles. The Morgan fingerprint density at radius 3 is 1.62 bits per heavy atom. The standard InChI is InChI=1S/C31H53N3/c1-5-33-14-8-12-28-24(16-22(3)18-30(28)33)20-26-10-7-11-27(32-26)21-25-17-23(4)19-31-29(25)13-9-15-34(31)6-2/h22-23,26-27,30-32H,5-21H2,1-4H3/t22-,23-,26-,27+,30-,31-/m0/s1. The summed E-state index contributed by atoms with van der Waals surface area (Å²) in [6, 6.07) is 2.95. The van der Waals surface area contributed by atoms with E-state index in [-0.39, 0.29) is 0 Å². The Labute approximate surface area is 210 Å². The fraction of sp³-hybridized carbons (Fsp3) is 0.871. The molecule has 2 aliphatic carbocycles. The van der Waals surface area contributed by atoms with Crippen LogP contribution in [0.15, 0.2) is 22.3 Å². The summed E-state index contributed by atoms with van der Waals surface area (Å²) in [4.78, 5) is 5.56. The zero-order valence-corrected chi connectivity index (χ0v) is 22.9. The van der Waals surface area contributed by atoms with E-state index < -0.39 is 0 Å². The lowest BCUT2D eigenvalue weighted by molar-refractivity contribution is 0.161. The average molecular weight is 468 g/mol. The molecule has 3 fully saturated rings. The number of likely N-dealkylation sites (N-methyl/N-ethyl adjacent to an activating group) is 2. The van der Waals surface area contributed by atoms with Crippen LogP contribution >= 0.6 is 0 Å². The summed E-state index contributed by atoms with van der Waals surface area (Å²) in [5.74, 6) is 1.71. The highest BCUT2D eigenvalue weighted by atomic mass is 15.2. The third-order valence-electron chi connectivity index (χ3n) is 10.2. The topological polar surface area (TPSA) is 18.5 Å². The van der Waals surface area contributed by atoms with Crippen molar-refractivity contribution in [1.29, 1.82) is 0 Å². The van der Waals surface area contributed by atoms with E-state index in [0.29, 0.717) is 12.1 Å². The quantitative estimate of drug-likeness (QED) is 0.439. The van der Waals surface area contributed by atoms with Crippen LogP contribution < -0.4 is 5.32 Å². The van der Waals surface area contributed by atoms with Gasteiger partial charge in [-0.2, -0.15) is 0 Å². The number of fused-ring (bicyclic) bond motifs is 2. The van der Waals surface area contributed by atoms with Crippen LogP contribution in [0.1, 0.15) is 111 Å². The molecule has 0 aromatic heterocycles. The van der Waals surface area contributed by atoms with Crippen molar-refractivity contribution >= 4 is 0 Å². The highest BCUT2D eigenvalue weighted by Gasteiger charge is 2.36. The van der Waals surface area contributed by atoms with Crippen molar-refractivity contribution in [1.82, 2.24) is 15.1 Å². The number of hydrogen-bond donors (Lipinski definition) is 1. The van der Waals surface area contributed by atoms with Gasteiger partial charge in [-0.05, 0) is 115 Å². The Hall–Kier alpha value is -0.640. The van der Waals surface area contributed by atoms with Crippen molar-refractivity contribution in [2.75, 3.05) is 26.2 Å². The van der Waals surface area contributed by atoms with Crippen LogP contribution in [0.2, 0.25) is 0 Å². The Morgan fingerprint density at radius 2 is 1.18 bits per heavy atom. The Kier molecular flexibility index (Phi) is 8.23.